The van der Waals surface area contributed by atoms with Gasteiger partial charge in [0.15, 0.2) is 5.82 Å². The maximum absolute atomic E-state index is 16.4. The number of halogens is 7. The van der Waals surface area contributed by atoms with Crippen LogP contribution in [0.1, 0.15) is 54.6 Å². The number of anilines is 2. The Labute approximate surface area is 259 Å². The smallest absolute Gasteiger partial charge is 0.417 e. The molecule has 0 radical (unpaired) electrons. The second kappa shape index (κ2) is 12.3. The van der Waals surface area contributed by atoms with Crippen LogP contribution in [0.2, 0.25) is 0 Å². The first-order valence-corrected chi connectivity index (χ1v) is 14.6. The SMILES string of the molecule is CC1CN(c2cc(F)c(C3=CCN(C(=O)OC4CC(F)(F)C4)CC3)c(F)c2NC(=O)c2c[nH]c(=O)cc2C(F)(F)F)CC(C)N1C. The summed E-state index contributed by atoms with van der Waals surface area (Å²) in [6, 6.07) is 1.04. The van der Waals surface area contributed by atoms with E-state index in [0.717, 1.165) is 6.07 Å². The molecule has 2 amide bonds. The predicted octanol–water partition coefficient (Wildman–Crippen LogP) is 5.48. The van der Waals surface area contributed by atoms with E-state index in [1.54, 1.807) is 4.90 Å². The van der Waals surface area contributed by atoms with Crippen molar-refractivity contribution in [2.75, 3.05) is 43.4 Å². The average molecular weight is 660 g/mol. The first kappa shape index (κ1) is 33.3. The van der Waals surface area contributed by atoms with Crippen molar-refractivity contribution in [2.45, 2.75) is 63.4 Å². The van der Waals surface area contributed by atoms with E-state index in [-0.39, 0.29) is 62.0 Å². The third-order valence-corrected chi connectivity index (χ3v) is 8.72. The van der Waals surface area contributed by atoms with Crippen molar-refractivity contribution in [1.82, 2.24) is 14.8 Å². The molecule has 0 bridgehead atoms. The van der Waals surface area contributed by atoms with Crippen molar-refractivity contribution in [2.24, 2.45) is 0 Å². The van der Waals surface area contributed by atoms with Gasteiger partial charge in [-0.2, -0.15) is 13.2 Å². The predicted molar refractivity (Wildman–Crippen MR) is 154 cm³/mol. The van der Waals surface area contributed by atoms with Gasteiger partial charge in [-0.3, -0.25) is 14.5 Å². The van der Waals surface area contributed by atoms with Gasteiger partial charge in [0.05, 0.1) is 22.4 Å². The Bertz CT molecular complexity index is 1610. The van der Waals surface area contributed by atoms with Crippen molar-refractivity contribution in [3.05, 3.63) is 63.1 Å². The van der Waals surface area contributed by atoms with E-state index in [1.807, 2.05) is 30.8 Å². The van der Waals surface area contributed by atoms with Crippen LogP contribution in [-0.2, 0) is 10.9 Å². The summed E-state index contributed by atoms with van der Waals surface area (Å²) < 4.78 is 105. The fourth-order valence-corrected chi connectivity index (χ4v) is 5.91. The number of carbonyl (C=O) groups excluding carboxylic acids is 2. The first-order chi connectivity index (χ1) is 21.4. The maximum Gasteiger partial charge on any atom is 0.417 e. The van der Waals surface area contributed by atoms with Crippen molar-refractivity contribution in [3.8, 4) is 0 Å². The zero-order chi connectivity index (χ0) is 33.7. The quantitative estimate of drug-likeness (QED) is 0.413. The van der Waals surface area contributed by atoms with E-state index in [1.165, 1.54) is 11.0 Å². The van der Waals surface area contributed by atoms with E-state index in [4.69, 9.17) is 4.74 Å². The van der Waals surface area contributed by atoms with E-state index < -0.39 is 82.6 Å². The van der Waals surface area contributed by atoms with Crippen molar-refractivity contribution in [1.29, 1.82) is 0 Å². The van der Waals surface area contributed by atoms with Gasteiger partial charge in [-0.25, -0.2) is 22.4 Å². The summed E-state index contributed by atoms with van der Waals surface area (Å²) in [4.78, 5) is 44.2. The highest BCUT2D eigenvalue weighted by Crippen LogP contribution is 2.41. The van der Waals surface area contributed by atoms with Crippen molar-refractivity contribution < 1.29 is 45.1 Å². The average Bonchev–Trinajstić information content (AvgIpc) is 2.95. The number of hydrogen-bond donors (Lipinski definition) is 2. The number of amides is 2. The van der Waals surface area contributed by atoms with Gasteiger partial charge in [0, 0.05) is 69.4 Å². The Kier molecular flexibility index (Phi) is 8.87. The molecule has 2 N–H and O–H groups in total. The molecule has 2 fully saturated rings. The lowest BCUT2D eigenvalue weighted by Gasteiger charge is -2.44. The van der Waals surface area contributed by atoms with Gasteiger partial charge < -0.3 is 24.8 Å². The van der Waals surface area contributed by atoms with Crippen LogP contribution >= 0.6 is 0 Å². The second-order valence-electron chi connectivity index (χ2n) is 12.0. The monoisotopic (exact) mass is 659 g/mol. The summed E-state index contributed by atoms with van der Waals surface area (Å²) in [5, 5.41) is 2.21. The molecule has 16 heteroatoms. The number of rotatable bonds is 5. The number of nitrogens with one attached hydrogen (secondary N) is 2. The minimum Gasteiger partial charge on any atom is -0.446 e. The highest BCUT2D eigenvalue weighted by molar-refractivity contribution is 6.07. The van der Waals surface area contributed by atoms with Crippen LogP contribution in [0.4, 0.5) is 46.9 Å². The van der Waals surface area contributed by atoms with Gasteiger partial charge in [-0.05, 0) is 32.9 Å². The molecule has 3 heterocycles. The third-order valence-electron chi connectivity index (χ3n) is 8.72. The molecule has 1 aromatic heterocycles. The molecule has 2 aromatic rings. The molecular weight excluding hydrogens is 627 g/mol. The number of aromatic amines is 1. The van der Waals surface area contributed by atoms with Crippen LogP contribution in [0.15, 0.2) is 29.2 Å². The largest absolute Gasteiger partial charge is 0.446 e. The number of H-pyrrole nitrogens is 1. The Balaban J connectivity index is 1.49. The first-order valence-electron chi connectivity index (χ1n) is 14.6. The minimum absolute atomic E-state index is 0.0596. The number of nitrogens with zero attached hydrogens (tertiary/aromatic N) is 3. The topological polar surface area (TPSA) is 98.0 Å². The molecule has 3 aliphatic rings. The summed E-state index contributed by atoms with van der Waals surface area (Å²) in [5.74, 6) is -6.51. The molecule has 1 saturated carbocycles. The zero-order valence-corrected chi connectivity index (χ0v) is 25.1. The van der Waals surface area contributed by atoms with Gasteiger partial charge in [0.2, 0.25) is 5.56 Å². The van der Waals surface area contributed by atoms with Crippen LogP contribution in [-0.4, -0.2) is 84.1 Å². The van der Waals surface area contributed by atoms with Gasteiger partial charge in [0.25, 0.3) is 11.8 Å². The number of hydrogen-bond acceptors (Lipinski definition) is 6. The van der Waals surface area contributed by atoms with Crippen LogP contribution < -0.4 is 15.8 Å². The summed E-state index contributed by atoms with van der Waals surface area (Å²) >= 11 is 0. The molecule has 1 aromatic carbocycles. The van der Waals surface area contributed by atoms with Gasteiger partial charge in [-0.1, -0.05) is 6.08 Å². The van der Waals surface area contributed by atoms with Gasteiger partial charge in [-0.15, -0.1) is 0 Å². The lowest BCUT2D eigenvalue weighted by Crippen LogP contribution is -2.55. The van der Waals surface area contributed by atoms with E-state index in [9.17, 15) is 36.3 Å². The Morgan fingerprint density at radius 2 is 1.74 bits per heavy atom. The van der Waals surface area contributed by atoms with Crippen LogP contribution in [0, 0.1) is 11.6 Å². The molecule has 5 rings (SSSR count). The van der Waals surface area contributed by atoms with Crippen molar-refractivity contribution >= 4 is 28.9 Å². The minimum atomic E-state index is -5.09. The van der Waals surface area contributed by atoms with Crippen LogP contribution in [0.25, 0.3) is 5.57 Å². The van der Waals surface area contributed by atoms with Crippen molar-refractivity contribution in [3.63, 3.8) is 0 Å². The molecule has 2 aliphatic heterocycles. The molecule has 2 unspecified atom stereocenters. The third kappa shape index (κ3) is 6.71. The Hall–Kier alpha value is -4.08. The number of aromatic nitrogens is 1. The van der Waals surface area contributed by atoms with E-state index >= 15 is 8.78 Å². The molecule has 1 aliphatic carbocycles. The van der Waals surface area contributed by atoms with E-state index in [0.29, 0.717) is 6.20 Å². The molecule has 2 atom stereocenters. The summed E-state index contributed by atoms with van der Waals surface area (Å²) in [6.07, 6.45) is -6.17. The van der Waals surface area contributed by atoms with Crippen LogP contribution in [0.3, 0.4) is 0 Å². The number of alkyl halides is 5. The summed E-state index contributed by atoms with van der Waals surface area (Å²) in [7, 11) is 1.88. The number of carbonyl (C=O) groups is 2. The Morgan fingerprint density at radius 3 is 2.30 bits per heavy atom. The zero-order valence-electron chi connectivity index (χ0n) is 25.1. The second-order valence-corrected chi connectivity index (χ2v) is 12.0. The normalized spacial score (nSPS) is 22.3. The number of benzene rings is 1. The fraction of sp³-hybridized carbons (Fsp3) is 0.500. The summed E-state index contributed by atoms with van der Waals surface area (Å²) in [5.41, 5.74) is -4.68. The van der Waals surface area contributed by atoms with E-state index in [2.05, 4.69) is 5.32 Å². The summed E-state index contributed by atoms with van der Waals surface area (Å²) in [6.45, 7) is 4.12. The molecule has 9 nitrogen and oxygen atoms in total. The number of likely N-dealkylation sites (N-methyl/N-ethyl adjacent to an activating group) is 1. The lowest BCUT2D eigenvalue weighted by molar-refractivity contribution is -0.147. The van der Waals surface area contributed by atoms with Crippen LogP contribution in [0.5, 0.6) is 0 Å². The molecule has 250 valence electrons. The number of pyridine rings is 1. The molecule has 0 spiro atoms. The standard InChI is InChI=1S/C30H32F7N5O4/c1-15-13-42(14-16(2)40(15)3)22-9-21(31)24(17-4-6-41(7-5-17)28(45)46-18-10-29(33,34)11-18)25(32)26(22)39-27(44)19-12-38-23(43)8-20(19)30(35,36)37/h4,8-9,12,15-16,18H,5-7,10-11,13-14H2,1-3H3,(H,38,43)(H,39,44). The molecular formula is C30H32F7N5O4. The lowest BCUT2D eigenvalue weighted by atomic mass is 9.91. The fourth-order valence-electron chi connectivity index (χ4n) is 5.91. The van der Waals surface area contributed by atoms with Gasteiger partial charge in [0.1, 0.15) is 17.6 Å². The Morgan fingerprint density at radius 1 is 1.09 bits per heavy atom. The number of piperazine rings is 1. The number of ether oxygens (including phenoxy) is 1. The highest BCUT2D eigenvalue weighted by Gasteiger charge is 2.48. The highest BCUT2D eigenvalue weighted by atomic mass is 19.4. The molecule has 1 saturated heterocycles. The maximum atomic E-state index is 16.4. The molecule has 46 heavy (non-hydrogen) atoms. The van der Waals surface area contributed by atoms with Gasteiger partial charge >= 0.3 is 12.3 Å².